The lowest BCUT2D eigenvalue weighted by Crippen LogP contribution is -2.10. The van der Waals surface area contributed by atoms with E-state index in [9.17, 15) is 0 Å². The Balaban J connectivity index is 1.03. The second kappa shape index (κ2) is 14.0. The highest BCUT2D eigenvalue weighted by Crippen LogP contribution is 2.42. The Morgan fingerprint density at radius 2 is 0.778 bits per heavy atom. The summed E-state index contributed by atoms with van der Waals surface area (Å²) in [4.78, 5) is 7.89. The lowest BCUT2D eigenvalue weighted by atomic mass is 10.0. The smallest absolute Gasteiger partial charge is 0.222 e. The molecule has 13 rings (SSSR count). The second-order valence-electron chi connectivity index (χ2n) is 16.1. The molecule has 0 amide bonds. The van der Waals surface area contributed by atoms with Crippen LogP contribution in [0.4, 0.5) is 17.1 Å². The fraction of sp³-hybridized carbons (Fsp3) is 0. The normalized spacial score (nSPS) is 11.8. The van der Waals surface area contributed by atoms with Crippen LogP contribution >= 0.6 is 0 Å². The van der Waals surface area contributed by atoms with Crippen LogP contribution in [0.15, 0.2) is 231 Å². The third-order valence-corrected chi connectivity index (χ3v) is 12.6. The Morgan fingerprint density at radius 3 is 1.40 bits per heavy atom. The topological polar surface area (TPSA) is 35.3 Å². The van der Waals surface area contributed by atoms with Gasteiger partial charge in [-0.15, -0.1) is 0 Å². The van der Waals surface area contributed by atoms with Crippen LogP contribution in [0.25, 0.3) is 88.9 Å². The molecule has 0 radical (unpaired) electrons. The van der Waals surface area contributed by atoms with Crippen LogP contribution in [0.3, 0.4) is 0 Å². The Bertz CT molecular complexity index is 3770. The quantitative estimate of drug-likeness (QED) is 0.161. The molecule has 6 heteroatoms. The summed E-state index contributed by atoms with van der Waals surface area (Å²) >= 11 is 0. The van der Waals surface area contributed by atoms with Crippen molar-refractivity contribution in [3.63, 3.8) is 0 Å². The number of hydrogen-bond donors (Lipinski definition) is 0. The van der Waals surface area contributed by atoms with E-state index in [1.807, 2.05) is 0 Å². The second-order valence-corrected chi connectivity index (χ2v) is 16.1. The summed E-state index contributed by atoms with van der Waals surface area (Å²) in [5.74, 6) is 0.864. The van der Waals surface area contributed by atoms with Gasteiger partial charge in [0.25, 0.3) is 0 Å². The number of anilines is 3. The van der Waals surface area contributed by atoms with Crippen LogP contribution in [-0.2, 0) is 0 Å². The van der Waals surface area contributed by atoms with Gasteiger partial charge in [-0.3, -0.25) is 13.5 Å². The molecule has 9 aromatic carbocycles. The predicted molar refractivity (Wildman–Crippen MR) is 261 cm³/mol. The number of hydrogen-bond acceptors (Lipinski definition) is 2. The zero-order valence-corrected chi connectivity index (χ0v) is 34.1. The summed E-state index contributed by atoms with van der Waals surface area (Å²) in [6, 6.07) is 82.5. The van der Waals surface area contributed by atoms with Crippen LogP contribution in [0.2, 0.25) is 0 Å². The molecule has 13 aromatic rings. The van der Waals surface area contributed by atoms with Crippen LogP contribution in [0.5, 0.6) is 0 Å². The fourth-order valence-corrected chi connectivity index (χ4v) is 9.78. The maximum Gasteiger partial charge on any atom is 0.222 e. The highest BCUT2D eigenvalue weighted by Gasteiger charge is 2.25. The molecule has 0 atom stereocenters. The summed E-state index contributed by atoms with van der Waals surface area (Å²) in [5, 5.41) is 3.66. The molecular weight excluding hydrogens is 769 g/mol. The van der Waals surface area contributed by atoms with E-state index >= 15 is 0 Å². The van der Waals surface area contributed by atoms with Gasteiger partial charge in [-0.1, -0.05) is 133 Å². The van der Waals surface area contributed by atoms with E-state index in [4.69, 9.17) is 4.98 Å². The standard InChI is InChI=1S/C57H38N6/c1-4-16-39(17-5-1)40-28-30-43(31-29-40)59(44-32-34-45(35-33-44)60-50-25-13-10-22-47(50)48-23-11-14-26-51(48)60)46-36-37-53-54(38-46)62(42-20-8-3-9-21-42)57-58-56-55(63(53)57)49-24-12-15-27-52(49)61(56)41-18-6-2-7-19-41/h1-38H. The maximum atomic E-state index is 5.52. The molecule has 0 aliphatic carbocycles. The van der Waals surface area contributed by atoms with Crippen molar-refractivity contribution in [2.75, 3.05) is 4.90 Å². The van der Waals surface area contributed by atoms with Gasteiger partial charge in [0.15, 0.2) is 5.65 Å². The molecule has 0 saturated heterocycles. The monoisotopic (exact) mass is 806 g/mol. The van der Waals surface area contributed by atoms with Gasteiger partial charge in [0.05, 0.1) is 27.6 Å². The molecule has 4 heterocycles. The summed E-state index contributed by atoms with van der Waals surface area (Å²) < 4.78 is 9.32. The molecule has 0 saturated carbocycles. The minimum absolute atomic E-state index is 0.864. The van der Waals surface area contributed by atoms with E-state index in [0.717, 1.165) is 73.0 Å². The largest absolute Gasteiger partial charge is 0.310 e. The first-order chi connectivity index (χ1) is 31.3. The number of benzene rings is 9. The van der Waals surface area contributed by atoms with Crippen molar-refractivity contribution in [3.05, 3.63) is 231 Å². The van der Waals surface area contributed by atoms with Crippen molar-refractivity contribution in [1.29, 1.82) is 0 Å². The van der Waals surface area contributed by atoms with Gasteiger partial charge in [0.2, 0.25) is 5.78 Å². The van der Waals surface area contributed by atoms with Crippen LogP contribution < -0.4 is 4.90 Å². The van der Waals surface area contributed by atoms with Crippen LogP contribution in [-0.4, -0.2) is 23.1 Å². The Morgan fingerprint density at radius 1 is 0.317 bits per heavy atom. The Kier molecular flexibility index (Phi) is 7.80. The first kappa shape index (κ1) is 35.2. The molecule has 0 aliphatic rings. The van der Waals surface area contributed by atoms with Gasteiger partial charge in [0.1, 0.15) is 5.52 Å². The third kappa shape index (κ3) is 5.41. The predicted octanol–water partition coefficient (Wildman–Crippen LogP) is 14.6. The number of fused-ring (bicyclic) bond motifs is 10. The fourth-order valence-electron chi connectivity index (χ4n) is 9.78. The lowest BCUT2D eigenvalue weighted by Gasteiger charge is -2.26. The molecule has 0 fully saturated rings. The molecule has 0 bridgehead atoms. The van der Waals surface area contributed by atoms with Crippen molar-refractivity contribution >= 4 is 77.7 Å². The van der Waals surface area contributed by atoms with Gasteiger partial charge in [-0.2, -0.15) is 4.98 Å². The minimum Gasteiger partial charge on any atom is -0.310 e. The highest BCUT2D eigenvalue weighted by atomic mass is 15.3. The van der Waals surface area contributed by atoms with Crippen LogP contribution in [0.1, 0.15) is 0 Å². The van der Waals surface area contributed by atoms with E-state index in [1.165, 1.54) is 32.9 Å². The number of rotatable bonds is 7. The summed E-state index contributed by atoms with van der Waals surface area (Å²) in [5.41, 5.74) is 16.4. The zero-order chi connectivity index (χ0) is 41.4. The van der Waals surface area contributed by atoms with Gasteiger partial charge < -0.3 is 9.47 Å². The van der Waals surface area contributed by atoms with Gasteiger partial charge in [0, 0.05) is 50.3 Å². The van der Waals surface area contributed by atoms with Crippen molar-refractivity contribution in [1.82, 2.24) is 23.1 Å². The van der Waals surface area contributed by atoms with Gasteiger partial charge in [-0.25, -0.2) is 0 Å². The molecule has 0 spiro atoms. The molecule has 0 N–H and O–H groups in total. The van der Waals surface area contributed by atoms with Crippen molar-refractivity contribution in [2.45, 2.75) is 0 Å². The average Bonchev–Trinajstić information content (AvgIpc) is 4.08. The van der Waals surface area contributed by atoms with Crippen LogP contribution in [0, 0.1) is 0 Å². The van der Waals surface area contributed by atoms with E-state index in [1.54, 1.807) is 0 Å². The Hall–Kier alpha value is -8.61. The lowest BCUT2D eigenvalue weighted by molar-refractivity contribution is 1.09. The summed E-state index contributed by atoms with van der Waals surface area (Å²) in [6.07, 6.45) is 0. The molecule has 4 aromatic heterocycles. The molecule has 63 heavy (non-hydrogen) atoms. The minimum atomic E-state index is 0.864. The van der Waals surface area contributed by atoms with Gasteiger partial charge in [-0.05, 0) is 108 Å². The first-order valence-corrected chi connectivity index (χ1v) is 21.4. The van der Waals surface area contributed by atoms with E-state index in [0.29, 0.717) is 0 Å². The zero-order valence-electron chi connectivity index (χ0n) is 34.1. The number of para-hydroxylation sites is 5. The highest BCUT2D eigenvalue weighted by molar-refractivity contribution is 6.11. The Labute approximate surface area is 363 Å². The molecular formula is C57H38N6. The average molecular weight is 807 g/mol. The van der Waals surface area contributed by atoms with Gasteiger partial charge >= 0.3 is 0 Å². The van der Waals surface area contributed by atoms with E-state index < -0.39 is 0 Å². The third-order valence-electron chi connectivity index (χ3n) is 12.6. The summed E-state index contributed by atoms with van der Waals surface area (Å²) in [7, 11) is 0. The summed E-state index contributed by atoms with van der Waals surface area (Å²) in [6.45, 7) is 0. The van der Waals surface area contributed by atoms with Crippen molar-refractivity contribution < 1.29 is 0 Å². The maximum absolute atomic E-state index is 5.52. The van der Waals surface area contributed by atoms with Crippen molar-refractivity contribution in [3.8, 4) is 28.2 Å². The molecule has 6 nitrogen and oxygen atoms in total. The van der Waals surface area contributed by atoms with E-state index in [2.05, 4.69) is 254 Å². The number of nitrogens with zero attached hydrogens (tertiary/aromatic N) is 6. The van der Waals surface area contributed by atoms with E-state index in [-0.39, 0.29) is 0 Å². The SMILES string of the molecule is c1ccc(-c2ccc(N(c3ccc(-n4c5ccccc5c5ccccc54)cc3)c3ccc4c(c3)n(-c3ccccc3)c3nc5c(c6ccccc6n5-c5ccccc5)n43)cc2)cc1. The number of imidazole rings is 2. The molecule has 0 aliphatic heterocycles. The first-order valence-electron chi connectivity index (χ1n) is 21.4. The number of aromatic nitrogens is 5. The van der Waals surface area contributed by atoms with Crippen molar-refractivity contribution in [2.24, 2.45) is 0 Å². The molecule has 296 valence electrons. The molecule has 0 unspecified atom stereocenters.